The Labute approximate surface area is 137 Å². The number of aryl methyl sites for hydroxylation is 1. The first-order chi connectivity index (χ1) is 11.1. The zero-order valence-corrected chi connectivity index (χ0v) is 13.6. The Bertz CT molecular complexity index is 651. The molecule has 0 aliphatic carbocycles. The summed E-state index contributed by atoms with van der Waals surface area (Å²) < 4.78 is 0. The molecular formula is C19H22N2O2. The Morgan fingerprint density at radius 2 is 1.61 bits per heavy atom. The topological polar surface area (TPSA) is 49.4 Å². The highest BCUT2D eigenvalue weighted by Gasteiger charge is 2.11. The van der Waals surface area contributed by atoms with Crippen molar-refractivity contribution in [1.29, 1.82) is 0 Å². The molecule has 0 aromatic heterocycles. The molecule has 2 aromatic rings. The maximum absolute atomic E-state index is 12.1. The van der Waals surface area contributed by atoms with E-state index in [-0.39, 0.29) is 11.8 Å². The van der Waals surface area contributed by atoms with Gasteiger partial charge in [-0.2, -0.15) is 0 Å². The minimum absolute atomic E-state index is 0.0133. The second-order valence-electron chi connectivity index (χ2n) is 5.56. The number of anilines is 2. The average molecular weight is 310 g/mol. The highest BCUT2D eigenvalue weighted by Crippen LogP contribution is 2.14. The van der Waals surface area contributed by atoms with Gasteiger partial charge in [-0.25, -0.2) is 0 Å². The van der Waals surface area contributed by atoms with Crippen LogP contribution in [0.1, 0.15) is 24.8 Å². The molecule has 4 nitrogen and oxygen atoms in total. The van der Waals surface area contributed by atoms with Gasteiger partial charge in [0.2, 0.25) is 11.8 Å². The summed E-state index contributed by atoms with van der Waals surface area (Å²) in [5.41, 5.74) is 2.80. The van der Waals surface area contributed by atoms with E-state index in [0.29, 0.717) is 19.3 Å². The number of rotatable bonds is 6. The fourth-order valence-electron chi connectivity index (χ4n) is 2.22. The van der Waals surface area contributed by atoms with Crippen LogP contribution in [0.5, 0.6) is 0 Å². The quantitative estimate of drug-likeness (QED) is 0.883. The second-order valence-corrected chi connectivity index (χ2v) is 5.56. The maximum Gasteiger partial charge on any atom is 0.226 e. The van der Waals surface area contributed by atoms with Crippen LogP contribution in [-0.4, -0.2) is 18.9 Å². The zero-order chi connectivity index (χ0) is 16.7. The highest BCUT2D eigenvalue weighted by atomic mass is 16.2. The lowest BCUT2D eigenvalue weighted by atomic mass is 10.2. The largest absolute Gasteiger partial charge is 0.326 e. The molecule has 0 saturated heterocycles. The molecule has 0 aliphatic rings. The molecule has 0 radical (unpaired) electrons. The third-order valence-corrected chi connectivity index (χ3v) is 3.65. The van der Waals surface area contributed by atoms with Gasteiger partial charge < -0.3 is 10.2 Å². The van der Waals surface area contributed by atoms with Crippen LogP contribution in [0, 0.1) is 6.92 Å². The summed E-state index contributed by atoms with van der Waals surface area (Å²) >= 11 is 0. The van der Waals surface area contributed by atoms with Crippen molar-refractivity contribution >= 4 is 23.2 Å². The standard InChI is InChI=1S/C19H22N2O2/c1-15-11-13-16(14-12-15)20-18(22)9-6-10-19(23)21(2)17-7-4-3-5-8-17/h3-5,7-8,11-14H,6,9-10H2,1-2H3,(H,20,22). The number of benzene rings is 2. The molecule has 0 heterocycles. The van der Waals surface area contributed by atoms with Gasteiger partial charge in [0.05, 0.1) is 0 Å². The van der Waals surface area contributed by atoms with Gasteiger partial charge in [0.25, 0.3) is 0 Å². The molecule has 0 spiro atoms. The van der Waals surface area contributed by atoms with Crippen LogP contribution in [0.25, 0.3) is 0 Å². The highest BCUT2D eigenvalue weighted by molar-refractivity contribution is 5.94. The molecule has 0 fully saturated rings. The fourth-order valence-corrected chi connectivity index (χ4v) is 2.22. The normalized spacial score (nSPS) is 10.2. The second kappa shape index (κ2) is 8.13. The predicted molar refractivity (Wildman–Crippen MR) is 93.5 cm³/mol. The molecular weight excluding hydrogens is 288 g/mol. The number of hydrogen-bond acceptors (Lipinski definition) is 2. The summed E-state index contributed by atoms with van der Waals surface area (Å²) in [4.78, 5) is 25.6. The van der Waals surface area contributed by atoms with E-state index >= 15 is 0 Å². The minimum atomic E-state index is -0.0657. The predicted octanol–water partition coefficient (Wildman–Crippen LogP) is 3.77. The molecule has 23 heavy (non-hydrogen) atoms. The van der Waals surface area contributed by atoms with E-state index in [1.165, 1.54) is 0 Å². The van der Waals surface area contributed by atoms with Gasteiger partial charge >= 0.3 is 0 Å². The van der Waals surface area contributed by atoms with E-state index in [1.54, 1.807) is 11.9 Å². The number of nitrogens with one attached hydrogen (secondary N) is 1. The van der Waals surface area contributed by atoms with Crippen molar-refractivity contribution in [3.05, 3.63) is 60.2 Å². The summed E-state index contributed by atoms with van der Waals surface area (Å²) in [5.74, 6) is -0.0525. The number of amides is 2. The lowest BCUT2D eigenvalue weighted by molar-refractivity contribution is -0.118. The van der Waals surface area contributed by atoms with Crippen LogP contribution in [0.15, 0.2) is 54.6 Å². The molecule has 2 amide bonds. The van der Waals surface area contributed by atoms with Gasteiger partial charge in [-0.15, -0.1) is 0 Å². The zero-order valence-electron chi connectivity index (χ0n) is 13.6. The van der Waals surface area contributed by atoms with Crippen LogP contribution in [-0.2, 0) is 9.59 Å². The maximum atomic E-state index is 12.1. The van der Waals surface area contributed by atoms with Crippen LogP contribution in [0.3, 0.4) is 0 Å². The fraction of sp³-hybridized carbons (Fsp3) is 0.263. The first kappa shape index (κ1) is 16.7. The smallest absolute Gasteiger partial charge is 0.226 e. The number of carbonyl (C=O) groups excluding carboxylic acids is 2. The molecule has 120 valence electrons. The Morgan fingerprint density at radius 1 is 0.957 bits per heavy atom. The van der Waals surface area contributed by atoms with Gasteiger partial charge in [0.15, 0.2) is 0 Å². The molecule has 0 unspecified atom stereocenters. The average Bonchev–Trinajstić information content (AvgIpc) is 2.57. The molecule has 0 saturated carbocycles. The molecule has 1 N–H and O–H groups in total. The van der Waals surface area contributed by atoms with Gasteiger partial charge in [0.1, 0.15) is 0 Å². The first-order valence-corrected chi connectivity index (χ1v) is 7.74. The van der Waals surface area contributed by atoms with Gasteiger partial charge in [-0.05, 0) is 37.6 Å². The van der Waals surface area contributed by atoms with Crippen molar-refractivity contribution in [2.45, 2.75) is 26.2 Å². The van der Waals surface area contributed by atoms with E-state index in [9.17, 15) is 9.59 Å². The Balaban J connectivity index is 1.74. The molecule has 4 heteroatoms. The van der Waals surface area contributed by atoms with E-state index in [1.807, 2.05) is 61.5 Å². The van der Waals surface area contributed by atoms with Gasteiger partial charge in [-0.3, -0.25) is 9.59 Å². The summed E-state index contributed by atoms with van der Waals surface area (Å²) in [6.45, 7) is 2.00. The Hall–Kier alpha value is -2.62. The van der Waals surface area contributed by atoms with Crippen LogP contribution < -0.4 is 10.2 Å². The Morgan fingerprint density at radius 3 is 2.26 bits per heavy atom. The van der Waals surface area contributed by atoms with Crippen LogP contribution >= 0.6 is 0 Å². The van der Waals surface area contributed by atoms with Crippen molar-refractivity contribution in [3.8, 4) is 0 Å². The lowest BCUT2D eigenvalue weighted by Gasteiger charge is -2.17. The van der Waals surface area contributed by atoms with Crippen molar-refractivity contribution in [2.75, 3.05) is 17.3 Å². The summed E-state index contributed by atoms with van der Waals surface area (Å²) in [7, 11) is 1.75. The van der Waals surface area contributed by atoms with Crippen LogP contribution in [0.4, 0.5) is 11.4 Å². The third kappa shape index (κ3) is 5.25. The van der Waals surface area contributed by atoms with E-state index in [2.05, 4.69) is 5.32 Å². The number of hydrogen-bond donors (Lipinski definition) is 1. The summed E-state index contributed by atoms with van der Waals surface area (Å²) in [6, 6.07) is 17.1. The SMILES string of the molecule is Cc1ccc(NC(=O)CCCC(=O)N(C)c2ccccc2)cc1. The number of para-hydroxylation sites is 1. The monoisotopic (exact) mass is 310 g/mol. The van der Waals surface area contributed by atoms with Crippen molar-refractivity contribution < 1.29 is 9.59 Å². The van der Waals surface area contributed by atoms with Crippen molar-refractivity contribution in [2.24, 2.45) is 0 Å². The van der Waals surface area contributed by atoms with Gasteiger partial charge in [-0.1, -0.05) is 35.9 Å². The number of carbonyl (C=O) groups is 2. The van der Waals surface area contributed by atoms with Crippen molar-refractivity contribution in [1.82, 2.24) is 0 Å². The molecule has 0 atom stereocenters. The van der Waals surface area contributed by atoms with E-state index in [0.717, 1.165) is 16.9 Å². The molecule has 2 rings (SSSR count). The molecule has 0 bridgehead atoms. The van der Waals surface area contributed by atoms with Gasteiger partial charge in [0, 0.05) is 31.3 Å². The first-order valence-electron chi connectivity index (χ1n) is 7.74. The van der Waals surface area contributed by atoms with Crippen LogP contribution in [0.2, 0.25) is 0 Å². The molecule has 2 aromatic carbocycles. The lowest BCUT2D eigenvalue weighted by Crippen LogP contribution is -2.26. The van der Waals surface area contributed by atoms with E-state index < -0.39 is 0 Å². The number of nitrogens with zero attached hydrogens (tertiary/aromatic N) is 1. The van der Waals surface area contributed by atoms with E-state index in [4.69, 9.17) is 0 Å². The summed E-state index contributed by atoms with van der Waals surface area (Å²) in [5, 5.41) is 2.84. The summed E-state index contributed by atoms with van der Waals surface area (Å²) in [6.07, 6.45) is 1.22. The molecule has 0 aliphatic heterocycles. The Kier molecular flexibility index (Phi) is 5.92. The third-order valence-electron chi connectivity index (χ3n) is 3.65. The van der Waals surface area contributed by atoms with Crippen molar-refractivity contribution in [3.63, 3.8) is 0 Å². The minimum Gasteiger partial charge on any atom is -0.326 e.